The van der Waals surface area contributed by atoms with Crippen molar-refractivity contribution in [1.29, 1.82) is 0 Å². The number of morpholine rings is 1. The minimum absolute atomic E-state index is 0.0388. The van der Waals surface area contributed by atoms with Gasteiger partial charge >= 0.3 is 0 Å². The molecule has 6 nitrogen and oxygen atoms in total. The van der Waals surface area contributed by atoms with Crippen molar-refractivity contribution < 1.29 is 17.9 Å². The summed E-state index contributed by atoms with van der Waals surface area (Å²) < 4.78 is 33.3. The summed E-state index contributed by atoms with van der Waals surface area (Å²) in [4.78, 5) is 12.5. The normalized spacial score (nSPS) is 23.5. The first-order chi connectivity index (χ1) is 13.8. The molecule has 3 rings (SSSR count). The number of nitrogens with zero attached hydrogens (tertiary/aromatic N) is 1. The molecule has 1 heterocycles. The largest absolute Gasteiger partial charge is 0.373 e. The summed E-state index contributed by atoms with van der Waals surface area (Å²) in [5, 5.41) is 3.00. The molecular formula is C21H29ClN2O4S. The summed E-state index contributed by atoms with van der Waals surface area (Å²) in [6.07, 6.45) is 7.33. The SMILES string of the molecule is C[C@@H]1CN(S(=O)(=O)c2cc(C(=O)NCCC3=CCCCC3)ccc2Cl)C[C@H](C)O1. The van der Waals surface area contributed by atoms with E-state index in [1.165, 1.54) is 34.9 Å². The molecule has 8 heteroatoms. The van der Waals surface area contributed by atoms with Gasteiger partial charge in [0.1, 0.15) is 4.90 Å². The molecule has 0 spiro atoms. The number of sulfonamides is 1. The third-order valence-corrected chi connectivity index (χ3v) is 7.63. The van der Waals surface area contributed by atoms with Crippen molar-refractivity contribution >= 4 is 27.5 Å². The Morgan fingerprint density at radius 3 is 2.62 bits per heavy atom. The van der Waals surface area contributed by atoms with Gasteiger partial charge in [0, 0.05) is 25.2 Å². The monoisotopic (exact) mass is 440 g/mol. The Balaban J connectivity index is 1.71. The molecule has 160 valence electrons. The van der Waals surface area contributed by atoms with Crippen LogP contribution in [-0.4, -0.2) is 50.5 Å². The van der Waals surface area contributed by atoms with E-state index in [0.717, 1.165) is 19.3 Å². The molecule has 1 fully saturated rings. The fourth-order valence-corrected chi connectivity index (χ4v) is 5.97. The summed E-state index contributed by atoms with van der Waals surface area (Å²) in [5.74, 6) is -0.293. The highest BCUT2D eigenvalue weighted by atomic mass is 35.5. The number of nitrogens with one attached hydrogen (secondary N) is 1. The second kappa shape index (κ2) is 9.60. The molecule has 0 aromatic heterocycles. The molecule has 1 amide bonds. The molecule has 0 radical (unpaired) electrons. The summed E-state index contributed by atoms with van der Waals surface area (Å²) in [6.45, 7) is 4.73. The maximum absolute atomic E-state index is 13.1. The van der Waals surface area contributed by atoms with Crippen LogP contribution in [0.1, 0.15) is 56.3 Å². The molecule has 1 saturated heterocycles. The number of allylic oxidation sites excluding steroid dienone is 1. The lowest BCUT2D eigenvalue weighted by atomic mass is 9.97. The van der Waals surface area contributed by atoms with Crippen LogP contribution in [0.5, 0.6) is 0 Å². The Morgan fingerprint density at radius 2 is 1.97 bits per heavy atom. The first-order valence-corrected chi connectivity index (χ1v) is 12.0. The number of carbonyl (C=O) groups excluding carboxylic acids is 1. The number of hydrogen-bond acceptors (Lipinski definition) is 4. The van der Waals surface area contributed by atoms with Crippen LogP contribution in [0.2, 0.25) is 5.02 Å². The quantitative estimate of drug-likeness (QED) is 0.683. The number of amides is 1. The van der Waals surface area contributed by atoms with Crippen LogP contribution in [0.15, 0.2) is 34.7 Å². The zero-order valence-corrected chi connectivity index (χ0v) is 18.6. The summed E-state index contributed by atoms with van der Waals surface area (Å²) in [7, 11) is -3.82. The van der Waals surface area contributed by atoms with Gasteiger partial charge in [-0.05, 0) is 64.2 Å². The minimum Gasteiger partial charge on any atom is -0.373 e. The lowest BCUT2D eigenvalue weighted by molar-refractivity contribution is -0.0440. The van der Waals surface area contributed by atoms with Crippen LogP contribution in [0.25, 0.3) is 0 Å². The molecule has 1 aromatic rings. The second-order valence-corrected chi connectivity index (χ2v) is 10.2. The topological polar surface area (TPSA) is 75.7 Å². The van der Waals surface area contributed by atoms with Crippen molar-refractivity contribution in [2.24, 2.45) is 0 Å². The highest BCUT2D eigenvalue weighted by Gasteiger charge is 2.33. The Morgan fingerprint density at radius 1 is 1.24 bits per heavy atom. The van der Waals surface area contributed by atoms with Gasteiger partial charge < -0.3 is 10.1 Å². The third kappa shape index (κ3) is 5.60. The third-order valence-electron chi connectivity index (χ3n) is 5.31. The number of halogens is 1. The van der Waals surface area contributed by atoms with E-state index < -0.39 is 10.0 Å². The van der Waals surface area contributed by atoms with Gasteiger partial charge in [-0.2, -0.15) is 4.31 Å². The molecule has 29 heavy (non-hydrogen) atoms. The average molecular weight is 441 g/mol. The predicted molar refractivity (Wildman–Crippen MR) is 114 cm³/mol. The summed E-state index contributed by atoms with van der Waals surface area (Å²) in [5.41, 5.74) is 1.67. The molecule has 0 saturated carbocycles. The number of rotatable bonds is 6. The molecule has 1 aromatic carbocycles. The number of ether oxygens (including phenoxy) is 1. The first-order valence-electron chi connectivity index (χ1n) is 10.2. The molecule has 2 atom stereocenters. The standard InChI is InChI=1S/C21H29ClN2O4S/c1-15-13-24(14-16(2)28-15)29(26,27)20-12-18(8-9-19(20)22)21(25)23-11-10-17-6-4-3-5-7-17/h6,8-9,12,15-16H,3-5,7,10-11,13-14H2,1-2H3,(H,23,25)/t15-,16+. The van der Waals surface area contributed by atoms with Crippen LogP contribution in [0.3, 0.4) is 0 Å². The van der Waals surface area contributed by atoms with E-state index in [0.29, 0.717) is 12.1 Å². The predicted octanol–water partition coefficient (Wildman–Crippen LogP) is 3.76. The van der Waals surface area contributed by atoms with Crippen molar-refractivity contribution in [2.75, 3.05) is 19.6 Å². The van der Waals surface area contributed by atoms with Crippen molar-refractivity contribution in [3.05, 3.63) is 40.4 Å². The summed E-state index contributed by atoms with van der Waals surface area (Å²) in [6, 6.07) is 4.40. The second-order valence-electron chi connectivity index (χ2n) is 7.84. The fourth-order valence-electron chi connectivity index (χ4n) is 3.88. The van der Waals surface area contributed by atoms with Gasteiger partial charge in [0.2, 0.25) is 10.0 Å². The maximum Gasteiger partial charge on any atom is 0.251 e. The van der Waals surface area contributed by atoms with Crippen LogP contribution in [0.4, 0.5) is 0 Å². The van der Waals surface area contributed by atoms with Gasteiger partial charge in [-0.15, -0.1) is 0 Å². The first kappa shape index (κ1) is 22.3. The van der Waals surface area contributed by atoms with Gasteiger partial charge in [-0.1, -0.05) is 23.3 Å². The van der Waals surface area contributed by atoms with E-state index in [9.17, 15) is 13.2 Å². The van der Waals surface area contributed by atoms with E-state index in [1.54, 1.807) is 6.07 Å². The Labute approximate surface area is 178 Å². The van der Waals surface area contributed by atoms with Crippen LogP contribution < -0.4 is 5.32 Å². The lowest BCUT2D eigenvalue weighted by Gasteiger charge is -2.34. The van der Waals surface area contributed by atoms with Gasteiger partial charge in [0.25, 0.3) is 5.91 Å². The van der Waals surface area contributed by atoms with Crippen LogP contribution >= 0.6 is 11.6 Å². The van der Waals surface area contributed by atoms with Crippen LogP contribution in [-0.2, 0) is 14.8 Å². The van der Waals surface area contributed by atoms with Crippen molar-refractivity contribution in [2.45, 2.75) is 63.1 Å². The fraction of sp³-hybridized carbons (Fsp3) is 0.571. The molecule has 0 bridgehead atoms. The number of hydrogen-bond donors (Lipinski definition) is 1. The smallest absolute Gasteiger partial charge is 0.251 e. The van der Waals surface area contributed by atoms with E-state index in [4.69, 9.17) is 16.3 Å². The van der Waals surface area contributed by atoms with E-state index >= 15 is 0 Å². The minimum atomic E-state index is -3.82. The highest BCUT2D eigenvalue weighted by molar-refractivity contribution is 7.89. The Bertz CT molecular complexity index is 875. The highest BCUT2D eigenvalue weighted by Crippen LogP contribution is 2.28. The van der Waals surface area contributed by atoms with Gasteiger partial charge in [0.15, 0.2) is 0 Å². The Kier molecular flexibility index (Phi) is 7.37. The molecule has 1 N–H and O–H groups in total. The van der Waals surface area contributed by atoms with Gasteiger partial charge in [0.05, 0.1) is 17.2 Å². The van der Waals surface area contributed by atoms with Crippen molar-refractivity contribution in [3.63, 3.8) is 0 Å². The molecule has 1 aliphatic heterocycles. The summed E-state index contributed by atoms with van der Waals surface area (Å²) >= 11 is 6.21. The maximum atomic E-state index is 13.1. The molecule has 1 aliphatic carbocycles. The lowest BCUT2D eigenvalue weighted by Crippen LogP contribution is -2.48. The van der Waals surface area contributed by atoms with Gasteiger partial charge in [-0.3, -0.25) is 4.79 Å². The van der Waals surface area contributed by atoms with Gasteiger partial charge in [-0.25, -0.2) is 8.42 Å². The average Bonchev–Trinajstić information content (AvgIpc) is 2.68. The molecular weight excluding hydrogens is 412 g/mol. The van der Waals surface area contributed by atoms with E-state index in [1.807, 2.05) is 13.8 Å². The van der Waals surface area contributed by atoms with Crippen molar-refractivity contribution in [1.82, 2.24) is 9.62 Å². The number of benzene rings is 1. The zero-order chi connectivity index (χ0) is 21.0. The van der Waals surface area contributed by atoms with E-state index in [-0.39, 0.29) is 41.1 Å². The Hall–Kier alpha value is -1.41. The molecule has 0 unspecified atom stereocenters. The zero-order valence-electron chi connectivity index (χ0n) is 17.0. The number of carbonyl (C=O) groups is 1. The molecule has 2 aliphatic rings. The van der Waals surface area contributed by atoms with Crippen molar-refractivity contribution in [3.8, 4) is 0 Å². The van der Waals surface area contributed by atoms with E-state index in [2.05, 4.69) is 11.4 Å². The van der Waals surface area contributed by atoms with Crippen LogP contribution in [0, 0.1) is 0 Å².